The smallest absolute Gasteiger partial charge is 0.466 e. The number of allylic oxidation sites excluding steroid dienone is 6. The van der Waals surface area contributed by atoms with Crippen molar-refractivity contribution in [3.05, 3.63) is 35.1 Å². The number of ether oxygens (including phenoxy) is 1. The monoisotopic (exact) mass is 440 g/mol. The van der Waals surface area contributed by atoms with Gasteiger partial charge in [0.15, 0.2) is 5.78 Å². The molecule has 0 saturated heterocycles. The molecule has 166 valence electrons. The van der Waals surface area contributed by atoms with Crippen molar-refractivity contribution in [3.63, 3.8) is 0 Å². The highest BCUT2D eigenvalue weighted by molar-refractivity contribution is 7.87. The van der Waals surface area contributed by atoms with Crippen molar-refractivity contribution in [3.8, 4) is 0 Å². The van der Waals surface area contributed by atoms with Crippen LogP contribution in [0.2, 0.25) is 0 Å². The summed E-state index contributed by atoms with van der Waals surface area (Å²) in [4.78, 5) is 23.1. The Balaban J connectivity index is 5.24. The van der Waals surface area contributed by atoms with Gasteiger partial charge in [-0.3, -0.25) is 9.59 Å². The molecule has 6 nitrogen and oxygen atoms in total. The molecule has 0 aromatic heterocycles. The summed E-state index contributed by atoms with van der Waals surface area (Å²) in [6.45, 7) is 7.30. The quantitative estimate of drug-likeness (QED) is 0.0829. The SMILES string of the molecule is CCOC(=O)CC(=O)C=C(CCC=C(C)CCC=C(C)C)OS(=O)(=O)C(F)(F)F. The average molecular weight is 440 g/mol. The van der Waals surface area contributed by atoms with Gasteiger partial charge < -0.3 is 8.92 Å². The molecule has 10 heteroatoms. The van der Waals surface area contributed by atoms with Crippen LogP contribution in [0.5, 0.6) is 0 Å². The third kappa shape index (κ3) is 12.1. The molecular formula is C19H27F3O6S. The van der Waals surface area contributed by atoms with Gasteiger partial charge in [0.1, 0.15) is 12.2 Å². The molecule has 0 amide bonds. The molecule has 0 spiro atoms. The maximum atomic E-state index is 12.6. The van der Waals surface area contributed by atoms with Gasteiger partial charge in [0, 0.05) is 12.5 Å². The van der Waals surface area contributed by atoms with Crippen molar-refractivity contribution in [2.45, 2.75) is 65.3 Å². The Morgan fingerprint density at radius 2 is 1.59 bits per heavy atom. The summed E-state index contributed by atoms with van der Waals surface area (Å²) in [6, 6.07) is 0. The van der Waals surface area contributed by atoms with Gasteiger partial charge in [-0.05, 0) is 47.0 Å². The van der Waals surface area contributed by atoms with E-state index in [2.05, 4.69) is 8.92 Å². The van der Waals surface area contributed by atoms with E-state index < -0.39 is 39.6 Å². The first-order valence-corrected chi connectivity index (χ1v) is 10.4. The summed E-state index contributed by atoms with van der Waals surface area (Å²) in [7, 11) is -5.92. The number of rotatable bonds is 12. The molecule has 0 unspecified atom stereocenters. The van der Waals surface area contributed by atoms with E-state index in [0.29, 0.717) is 6.08 Å². The molecule has 0 aromatic carbocycles. The Hall–Kier alpha value is -2.10. The first kappa shape index (κ1) is 26.9. The molecule has 0 aliphatic carbocycles. The van der Waals surface area contributed by atoms with Gasteiger partial charge in [-0.2, -0.15) is 21.6 Å². The Morgan fingerprint density at radius 1 is 1.00 bits per heavy atom. The summed E-state index contributed by atoms with van der Waals surface area (Å²) < 4.78 is 68.9. The number of hydrogen-bond donors (Lipinski definition) is 0. The van der Waals surface area contributed by atoms with E-state index in [1.54, 1.807) is 6.08 Å². The van der Waals surface area contributed by atoms with Gasteiger partial charge in [0.05, 0.1) is 6.61 Å². The maximum absolute atomic E-state index is 12.6. The summed E-state index contributed by atoms with van der Waals surface area (Å²) >= 11 is 0. The van der Waals surface area contributed by atoms with Gasteiger partial charge in [0.25, 0.3) is 0 Å². The molecule has 0 atom stereocenters. The lowest BCUT2D eigenvalue weighted by Gasteiger charge is -2.12. The highest BCUT2D eigenvalue weighted by Crippen LogP contribution is 2.28. The second kappa shape index (κ2) is 12.5. The van der Waals surface area contributed by atoms with Crippen molar-refractivity contribution in [2.75, 3.05) is 6.61 Å². The number of esters is 1. The Kier molecular flexibility index (Phi) is 11.6. The zero-order valence-corrected chi connectivity index (χ0v) is 17.8. The van der Waals surface area contributed by atoms with Gasteiger partial charge in [-0.25, -0.2) is 0 Å². The van der Waals surface area contributed by atoms with Crippen LogP contribution < -0.4 is 0 Å². The average Bonchev–Trinajstić information content (AvgIpc) is 2.52. The Labute approximate surface area is 169 Å². The molecule has 0 bridgehead atoms. The molecule has 0 aliphatic heterocycles. The van der Waals surface area contributed by atoms with Crippen LogP contribution in [-0.4, -0.2) is 32.3 Å². The van der Waals surface area contributed by atoms with Crippen molar-refractivity contribution in [1.29, 1.82) is 0 Å². The fourth-order valence-corrected chi connectivity index (χ4v) is 2.57. The molecule has 0 saturated carbocycles. The van der Waals surface area contributed by atoms with E-state index in [-0.39, 0.29) is 19.4 Å². The molecule has 0 aromatic rings. The van der Waals surface area contributed by atoms with Crippen molar-refractivity contribution < 1.29 is 40.1 Å². The largest absolute Gasteiger partial charge is 0.534 e. The minimum Gasteiger partial charge on any atom is -0.466 e. The third-order valence-corrected chi connectivity index (χ3v) is 4.42. The van der Waals surface area contributed by atoms with E-state index in [1.807, 2.05) is 26.8 Å². The summed E-state index contributed by atoms with van der Waals surface area (Å²) in [5.41, 5.74) is -3.51. The molecule has 29 heavy (non-hydrogen) atoms. The number of hydrogen-bond acceptors (Lipinski definition) is 6. The topological polar surface area (TPSA) is 86.7 Å². The van der Waals surface area contributed by atoms with Crippen LogP contribution in [0.4, 0.5) is 13.2 Å². The normalized spacial score (nSPS) is 13.1. The maximum Gasteiger partial charge on any atom is 0.534 e. The second-order valence-corrected chi connectivity index (χ2v) is 7.99. The lowest BCUT2D eigenvalue weighted by Crippen LogP contribution is -2.25. The summed E-state index contributed by atoms with van der Waals surface area (Å²) in [5.74, 6) is -2.48. The van der Waals surface area contributed by atoms with Crippen LogP contribution in [0.3, 0.4) is 0 Å². The van der Waals surface area contributed by atoms with Crippen LogP contribution in [0.15, 0.2) is 35.1 Å². The Morgan fingerprint density at radius 3 is 2.10 bits per heavy atom. The zero-order valence-electron chi connectivity index (χ0n) is 17.0. The lowest BCUT2D eigenvalue weighted by atomic mass is 10.1. The summed E-state index contributed by atoms with van der Waals surface area (Å²) in [5, 5.41) is 0. The van der Waals surface area contributed by atoms with E-state index in [9.17, 15) is 31.2 Å². The highest BCUT2D eigenvalue weighted by Gasteiger charge is 2.48. The van der Waals surface area contributed by atoms with E-state index >= 15 is 0 Å². The van der Waals surface area contributed by atoms with Crippen LogP contribution in [0.1, 0.15) is 59.8 Å². The predicted octanol–water partition coefficient (Wildman–Crippen LogP) is 4.73. The van der Waals surface area contributed by atoms with Gasteiger partial charge >= 0.3 is 21.6 Å². The van der Waals surface area contributed by atoms with Crippen molar-refractivity contribution in [2.24, 2.45) is 0 Å². The fourth-order valence-electron chi connectivity index (χ4n) is 2.06. The zero-order chi connectivity index (χ0) is 22.7. The molecule has 0 N–H and O–H groups in total. The molecule has 0 aliphatic rings. The Bertz CT molecular complexity index is 757. The predicted molar refractivity (Wildman–Crippen MR) is 102 cm³/mol. The first-order chi connectivity index (χ1) is 13.3. The molecule has 0 radical (unpaired) electrons. The third-order valence-electron chi connectivity index (χ3n) is 3.42. The number of ketones is 1. The van der Waals surface area contributed by atoms with E-state index in [1.165, 1.54) is 6.92 Å². The fraction of sp³-hybridized carbons (Fsp3) is 0.579. The molecular weight excluding hydrogens is 413 g/mol. The van der Waals surface area contributed by atoms with Gasteiger partial charge in [0.2, 0.25) is 0 Å². The van der Waals surface area contributed by atoms with E-state index in [0.717, 1.165) is 24.0 Å². The molecule has 0 rings (SSSR count). The van der Waals surface area contributed by atoms with Crippen molar-refractivity contribution in [1.82, 2.24) is 0 Å². The van der Waals surface area contributed by atoms with Gasteiger partial charge in [-0.15, -0.1) is 0 Å². The van der Waals surface area contributed by atoms with Crippen LogP contribution in [0, 0.1) is 0 Å². The highest BCUT2D eigenvalue weighted by atomic mass is 32.2. The standard InChI is InChI=1S/C19H27F3O6S/c1-5-27-18(24)13-16(23)12-17(28-29(25,26)19(20,21)22)11-7-10-15(4)9-6-8-14(2)3/h8,10,12H,5-7,9,11,13H2,1-4H3. The number of carbonyl (C=O) groups is 2. The number of halogens is 3. The minimum atomic E-state index is -5.92. The molecule has 0 fully saturated rings. The molecule has 0 heterocycles. The number of carbonyl (C=O) groups excluding carboxylic acids is 2. The second-order valence-electron chi connectivity index (χ2n) is 6.45. The van der Waals surface area contributed by atoms with Crippen LogP contribution in [0.25, 0.3) is 0 Å². The lowest BCUT2D eigenvalue weighted by molar-refractivity contribution is -0.144. The first-order valence-electron chi connectivity index (χ1n) is 8.97. The number of alkyl halides is 3. The van der Waals surface area contributed by atoms with Gasteiger partial charge in [-0.1, -0.05) is 23.3 Å². The van der Waals surface area contributed by atoms with E-state index in [4.69, 9.17) is 0 Å². The summed E-state index contributed by atoms with van der Waals surface area (Å²) in [6.07, 6.45) is 5.05. The van der Waals surface area contributed by atoms with Crippen LogP contribution >= 0.6 is 0 Å². The van der Waals surface area contributed by atoms with Crippen molar-refractivity contribution >= 4 is 21.9 Å². The van der Waals surface area contributed by atoms with Crippen LogP contribution in [-0.2, 0) is 28.6 Å². The minimum absolute atomic E-state index is 0.0262.